The number of hydrogen-bond donors (Lipinski definition) is 0. The molecule has 32 heavy (non-hydrogen) atoms. The van der Waals surface area contributed by atoms with Crippen molar-refractivity contribution in [2.24, 2.45) is 5.10 Å². The van der Waals surface area contributed by atoms with Crippen molar-refractivity contribution in [3.8, 4) is 11.5 Å². The van der Waals surface area contributed by atoms with E-state index in [0.717, 1.165) is 5.56 Å². The maximum Gasteiger partial charge on any atom is 0.343 e. The lowest BCUT2D eigenvalue weighted by Crippen LogP contribution is -2.25. The van der Waals surface area contributed by atoms with Crippen LogP contribution in [0.3, 0.4) is 0 Å². The molecule has 0 unspecified atom stereocenters. The van der Waals surface area contributed by atoms with Gasteiger partial charge in [0, 0.05) is 12.5 Å². The molecule has 1 amide bonds. The van der Waals surface area contributed by atoms with Crippen molar-refractivity contribution < 1.29 is 23.8 Å². The summed E-state index contributed by atoms with van der Waals surface area (Å²) in [7, 11) is 0. The molecule has 162 valence electrons. The first kappa shape index (κ1) is 21.1. The van der Waals surface area contributed by atoms with Crippen LogP contribution in [0.2, 0.25) is 0 Å². The van der Waals surface area contributed by atoms with E-state index in [-0.39, 0.29) is 12.5 Å². The SMILES string of the molecule is CC(=O)N1N=C(COc2ccc(C)cc2)O[C@H]1c1ccc(OC(=O)c2ccccc2)cc1. The van der Waals surface area contributed by atoms with Crippen LogP contribution in [-0.4, -0.2) is 29.4 Å². The van der Waals surface area contributed by atoms with Crippen LogP contribution in [-0.2, 0) is 9.53 Å². The zero-order valence-electron chi connectivity index (χ0n) is 17.7. The summed E-state index contributed by atoms with van der Waals surface area (Å²) in [5, 5.41) is 5.52. The Kier molecular flexibility index (Phi) is 6.17. The van der Waals surface area contributed by atoms with Gasteiger partial charge >= 0.3 is 5.97 Å². The van der Waals surface area contributed by atoms with Gasteiger partial charge in [-0.1, -0.05) is 35.9 Å². The molecule has 0 radical (unpaired) electrons. The van der Waals surface area contributed by atoms with Gasteiger partial charge in [0.25, 0.3) is 0 Å². The fourth-order valence-electron chi connectivity index (χ4n) is 3.10. The molecule has 3 aromatic carbocycles. The molecule has 7 nitrogen and oxygen atoms in total. The highest BCUT2D eigenvalue weighted by atomic mass is 16.6. The Balaban J connectivity index is 1.41. The number of hydrogen-bond acceptors (Lipinski definition) is 6. The van der Waals surface area contributed by atoms with Gasteiger partial charge < -0.3 is 14.2 Å². The molecule has 1 aliphatic heterocycles. The van der Waals surface area contributed by atoms with Gasteiger partial charge in [-0.05, 0) is 55.5 Å². The smallest absolute Gasteiger partial charge is 0.343 e. The molecule has 0 N–H and O–H groups in total. The van der Waals surface area contributed by atoms with Gasteiger partial charge in [0.2, 0.25) is 18.0 Å². The molecule has 0 bridgehead atoms. The van der Waals surface area contributed by atoms with Crippen molar-refractivity contribution in [2.75, 3.05) is 6.61 Å². The molecule has 0 aromatic heterocycles. The van der Waals surface area contributed by atoms with E-state index in [1.54, 1.807) is 48.5 Å². The number of carbonyl (C=O) groups excluding carboxylic acids is 2. The van der Waals surface area contributed by atoms with Crippen molar-refractivity contribution in [3.63, 3.8) is 0 Å². The molecular weight excluding hydrogens is 408 g/mol. The summed E-state index contributed by atoms with van der Waals surface area (Å²) in [5.41, 5.74) is 2.28. The van der Waals surface area contributed by atoms with E-state index < -0.39 is 12.2 Å². The standard InChI is InChI=1S/C25H22N2O5/c1-17-8-12-21(13-9-17)30-16-23-26-27(18(2)28)24(32-23)19-10-14-22(15-11-19)31-25(29)20-6-4-3-5-7-20/h3-15,24H,16H2,1-2H3/t24-/m0/s1. The summed E-state index contributed by atoms with van der Waals surface area (Å²) < 4.78 is 17.0. The summed E-state index contributed by atoms with van der Waals surface area (Å²) in [6.45, 7) is 3.51. The second-order valence-electron chi connectivity index (χ2n) is 7.25. The maximum atomic E-state index is 12.2. The Labute approximate surface area is 185 Å². The average Bonchev–Trinajstić information content (AvgIpc) is 3.24. The lowest BCUT2D eigenvalue weighted by molar-refractivity contribution is -0.135. The van der Waals surface area contributed by atoms with Crippen LogP contribution in [0.15, 0.2) is 84.0 Å². The summed E-state index contributed by atoms with van der Waals surface area (Å²) in [6, 6.07) is 23.1. The summed E-state index contributed by atoms with van der Waals surface area (Å²) in [5.74, 6) is 0.660. The van der Waals surface area contributed by atoms with Crippen molar-refractivity contribution >= 4 is 17.8 Å². The molecule has 1 heterocycles. The number of carbonyl (C=O) groups is 2. The molecule has 0 saturated carbocycles. The van der Waals surface area contributed by atoms with Gasteiger partial charge in [-0.25, -0.2) is 4.79 Å². The van der Waals surface area contributed by atoms with E-state index in [2.05, 4.69) is 5.10 Å². The molecular formula is C25H22N2O5. The highest BCUT2D eigenvalue weighted by Crippen LogP contribution is 2.30. The Morgan fingerprint density at radius 3 is 2.25 bits per heavy atom. The first-order chi connectivity index (χ1) is 15.5. The van der Waals surface area contributed by atoms with Gasteiger partial charge in [0.15, 0.2) is 6.61 Å². The highest BCUT2D eigenvalue weighted by molar-refractivity contribution is 5.91. The minimum atomic E-state index is -0.719. The van der Waals surface area contributed by atoms with Gasteiger partial charge in [-0.3, -0.25) is 4.79 Å². The van der Waals surface area contributed by atoms with Gasteiger partial charge in [-0.2, -0.15) is 5.01 Å². The zero-order valence-corrected chi connectivity index (χ0v) is 17.7. The number of aryl methyl sites for hydroxylation is 1. The molecule has 1 aliphatic rings. The molecule has 1 atom stereocenters. The van der Waals surface area contributed by atoms with E-state index in [4.69, 9.17) is 14.2 Å². The Morgan fingerprint density at radius 2 is 1.59 bits per heavy atom. The van der Waals surface area contributed by atoms with E-state index in [1.165, 1.54) is 11.9 Å². The van der Waals surface area contributed by atoms with Crippen LogP contribution in [0.5, 0.6) is 11.5 Å². The van der Waals surface area contributed by atoms with E-state index >= 15 is 0 Å². The first-order valence-electron chi connectivity index (χ1n) is 10.1. The van der Waals surface area contributed by atoms with Crippen LogP contribution < -0.4 is 9.47 Å². The number of ether oxygens (including phenoxy) is 3. The fraction of sp³-hybridized carbons (Fsp3) is 0.160. The van der Waals surface area contributed by atoms with Crippen LogP contribution in [0, 0.1) is 6.92 Å². The number of rotatable bonds is 6. The number of nitrogens with zero attached hydrogens (tertiary/aromatic N) is 2. The lowest BCUT2D eigenvalue weighted by atomic mass is 10.2. The fourth-order valence-corrected chi connectivity index (χ4v) is 3.10. The van der Waals surface area contributed by atoms with E-state index in [9.17, 15) is 9.59 Å². The maximum absolute atomic E-state index is 12.2. The van der Waals surface area contributed by atoms with Gasteiger partial charge in [-0.15, -0.1) is 5.10 Å². The molecule has 0 saturated heterocycles. The molecule has 0 aliphatic carbocycles. The van der Waals surface area contributed by atoms with Crippen LogP contribution in [0.1, 0.15) is 34.6 Å². The summed E-state index contributed by atoms with van der Waals surface area (Å²) in [6.07, 6.45) is -0.719. The summed E-state index contributed by atoms with van der Waals surface area (Å²) in [4.78, 5) is 24.3. The third-order valence-corrected chi connectivity index (χ3v) is 4.78. The molecule has 7 heteroatoms. The van der Waals surface area contributed by atoms with Gasteiger partial charge in [0.1, 0.15) is 11.5 Å². The van der Waals surface area contributed by atoms with Crippen LogP contribution >= 0.6 is 0 Å². The Morgan fingerprint density at radius 1 is 0.938 bits per heavy atom. The quantitative estimate of drug-likeness (QED) is 0.426. The Hall–Kier alpha value is -4.13. The van der Waals surface area contributed by atoms with Crippen molar-refractivity contribution in [1.82, 2.24) is 5.01 Å². The monoisotopic (exact) mass is 430 g/mol. The van der Waals surface area contributed by atoms with Crippen LogP contribution in [0.25, 0.3) is 0 Å². The number of benzene rings is 3. The topological polar surface area (TPSA) is 77.4 Å². The minimum Gasteiger partial charge on any atom is -0.484 e. The van der Waals surface area contributed by atoms with Gasteiger partial charge in [0.05, 0.1) is 5.56 Å². The second-order valence-corrected chi connectivity index (χ2v) is 7.25. The Bertz CT molecular complexity index is 1130. The summed E-state index contributed by atoms with van der Waals surface area (Å²) >= 11 is 0. The first-order valence-corrected chi connectivity index (χ1v) is 10.1. The predicted octanol–water partition coefficient (Wildman–Crippen LogP) is 4.48. The molecule has 3 aromatic rings. The molecule has 0 spiro atoms. The van der Waals surface area contributed by atoms with Crippen LogP contribution in [0.4, 0.5) is 0 Å². The van der Waals surface area contributed by atoms with E-state index in [0.29, 0.717) is 28.5 Å². The second kappa shape index (κ2) is 9.34. The lowest BCUT2D eigenvalue weighted by Gasteiger charge is -2.19. The number of esters is 1. The third kappa shape index (κ3) is 4.95. The average molecular weight is 430 g/mol. The predicted molar refractivity (Wildman–Crippen MR) is 118 cm³/mol. The molecule has 4 rings (SSSR count). The third-order valence-electron chi connectivity index (χ3n) is 4.78. The minimum absolute atomic E-state index is 0.0934. The number of amides is 1. The molecule has 0 fully saturated rings. The van der Waals surface area contributed by atoms with Crippen molar-refractivity contribution in [3.05, 3.63) is 95.6 Å². The zero-order chi connectivity index (χ0) is 22.5. The van der Waals surface area contributed by atoms with Crippen molar-refractivity contribution in [2.45, 2.75) is 20.1 Å². The van der Waals surface area contributed by atoms with Crippen molar-refractivity contribution in [1.29, 1.82) is 0 Å². The normalized spacial score (nSPS) is 15.0. The highest BCUT2D eigenvalue weighted by Gasteiger charge is 2.32. The van der Waals surface area contributed by atoms with E-state index in [1.807, 2.05) is 37.3 Å². The number of hydrazone groups is 1. The largest absolute Gasteiger partial charge is 0.484 e.